The van der Waals surface area contributed by atoms with Gasteiger partial charge in [0.2, 0.25) is 0 Å². The van der Waals surface area contributed by atoms with Gasteiger partial charge in [0.1, 0.15) is 11.6 Å². The Morgan fingerprint density at radius 2 is 2.00 bits per heavy atom. The van der Waals surface area contributed by atoms with E-state index in [1.165, 1.54) is 0 Å². The molecule has 1 fully saturated rings. The van der Waals surface area contributed by atoms with Crippen LogP contribution in [0.3, 0.4) is 0 Å². The maximum atomic E-state index is 12.7. The Labute approximate surface area is 131 Å². The molecule has 1 aliphatic rings. The van der Waals surface area contributed by atoms with Gasteiger partial charge in [-0.25, -0.2) is 4.79 Å². The second-order valence-electron chi connectivity index (χ2n) is 6.67. The van der Waals surface area contributed by atoms with Crippen molar-refractivity contribution in [3.63, 3.8) is 0 Å². The maximum Gasteiger partial charge on any atom is 0.329 e. The van der Waals surface area contributed by atoms with Crippen LogP contribution >= 0.6 is 0 Å². The Hall–Kier alpha value is -2.04. The van der Waals surface area contributed by atoms with Gasteiger partial charge in [0, 0.05) is 17.8 Å². The minimum absolute atomic E-state index is 0.164. The molecule has 2 N–H and O–H groups in total. The third kappa shape index (κ3) is 4.00. The van der Waals surface area contributed by atoms with Gasteiger partial charge in [0.25, 0.3) is 5.91 Å². The number of hydrogen-bond donors (Lipinski definition) is 1. The first kappa shape index (κ1) is 16.3. The molecule has 1 atom stereocenters. The summed E-state index contributed by atoms with van der Waals surface area (Å²) in [6, 6.07) is 6.33. The molecule has 0 bridgehead atoms. The molecule has 1 heterocycles. The summed E-state index contributed by atoms with van der Waals surface area (Å²) in [5.41, 5.74) is 6.23. The molecule has 1 aliphatic heterocycles. The van der Waals surface area contributed by atoms with Crippen molar-refractivity contribution in [2.24, 2.45) is 0 Å². The molecule has 1 aromatic rings. The summed E-state index contributed by atoms with van der Waals surface area (Å²) in [5.74, 6) is -0.493. The summed E-state index contributed by atoms with van der Waals surface area (Å²) in [5, 5.41) is 0. The molecule has 1 saturated heterocycles. The minimum Gasteiger partial charge on any atom is -0.458 e. The van der Waals surface area contributed by atoms with Crippen molar-refractivity contribution in [2.75, 3.05) is 12.3 Å². The molecule has 1 amide bonds. The molecular formula is C17H24N2O3. The molecule has 120 valence electrons. The third-order valence-corrected chi connectivity index (χ3v) is 3.58. The fourth-order valence-corrected chi connectivity index (χ4v) is 2.63. The predicted octanol–water partition coefficient (Wildman–Crippen LogP) is 2.61. The molecule has 0 aliphatic carbocycles. The Kier molecular flexibility index (Phi) is 4.74. The van der Waals surface area contributed by atoms with E-state index in [0.29, 0.717) is 24.2 Å². The van der Waals surface area contributed by atoms with Crippen molar-refractivity contribution < 1.29 is 14.3 Å². The van der Waals surface area contributed by atoms with E-state index in [1.807, 2.05) is 20.8 Å². The number of amides is 1. The van der Waals surface area contributed by atoms with Crippen molar-refractivity contribution in [2.45, 2.75) is 51.7 Å². The number of anilines is 1. The predicted molar refractivity (Wildman–Crippen MR) is 85.4 cm³/mol. The number of likely N-dealkylation sites (tertiary alicyclic amines) is 1. The zero-order valence-electron chi connectivity index (χ0n) is 13.5. The van der Waals surface area contributed by atoms with E-state index in [2.05, 4.69) is 0 Å². The third-order valence-electron chi connectivity index (χ3n) is 3.58. The lowest BCUT2D eigenvalue weighted by molar-refractivity contribution is -0.161. The number of ether oxygens (including phenoxy) is 1. The van der Waals surface area contributed by atoms with Crippen molar-refractivity contribution >= 4 is 17.6 Å². The summed E-state index contributed by atoms with van der Waals surface area (Å²) in [7, 11) is 0. The van der Waals surface area contributed by atoms with Crippen LogP contribution in [-0.4, -0.2) is 35.0 Å². The molecule has 1 unspecified atom stereocenters. The second-order valence-corrected chi connectivity index (χ2v) is 6.67. The highest BCUT2D eigenvalue weighted by Gasteiger charge is 2.35. The fourth-order valence-electron chi connectivity index (χ4n) is 2.63. The van der Waals surface area contributed by atoms with Crippen LogP contribution in [0.15, 0.2) is 24.3 Å². The molecule has 5 heteroatoms. The van der Waals surface area contributed by atoms with Crippen LogP contribution in [0.25, 0.3) is 0 Å². The van der Waals surface area contributed by atoms with Gasteiger partial charge in [0.05, 0.1) is 0 Å². The van der Waals surface area contributed by atoms with E-state index >= 15 is 0 Å². The van der Waals surface area contributed by atoms with E-state index in [1.54, 1.807) is 29.2 Å². The number of rotatable bonds is 2. The van der Waals surface area contributed by atoms with E-state index < -0.39 is 11.6 Å². The summed E-state index contributed by atoms with van der Waals surface area (Å²) in [6.07, 6.45) is 2.46. The Morgan fingerprint density at radius 1 is 1.27 bits per heavy atom. The zero-order chi connectivity index (χ0) is 16.3. The lowest BCUT2D eigenvalue weighted by atomic mass is 10.0. The zero-order valence-corrected chi connectivity index (χ0v) is 13.5. The van der Waals surface area contributed by atoms with Crippen molar-refractivity contribution in [3.8, 4) is 0 Å². The topological polar surface area (TPSA) is 72.6 Å². The maximum absolute atomic E-state index is 12.7. The summed E-state index contributed by atoms with van der Waals surface area (Å²) < 4.78 is 5.46. The summed E-state index contributed by atoms with van der Waals surface area (Å²) in [4.78, 5) is 26.7. The van der Waals surface area contributed by atoms with Crippen LogP contribution in [0.1, 0.15) is 50.4 Å². The summed E-state index contributed by atoms with van der Waals surface area (Å²) in [6.45, 7) is 6.06. The Balaban J connectivity index is 2.19. The van der Waals surface area contributed by atoms with Gasteiger partial charge in [-0.2, -0.15) is 0 Å². The Bertz CT molecular complexity index is 563. The number of nitrogen functional groups attached to an aromatic ring is 1. The van der Waals surface area contributed by atoms with Gasteiger partial charge in [-0.3, -0.25) is 4.79 Å². The number of benzene rings is 1. The molecule has 1 aromatic carbocycles. The van der Waals surface area contributed by atoms with Crippen molar-refractivity contribution in [1.82, 2.24) is 4.90 Å². The summed E-state index contributed by atoms with van der Waals surface area (Å²) >= 11 is 0. The van der Waals surface area contributed by atoms with Crippen LogP contribution in [0.5, 0.6) is 0 Å². The monoisotopic (exact) mass is 304 g/mol. The normalized spacial score (nSPS) is 18.9. The van der Waals surface area contributed by atoms with Crippen molar-refractivity contribution in [1.29, 1.82) is 0 Å². The number of carbonyl (C=O) groups excluding carboxylic acids is 2. The van der Waals surface area contributed by atoms with Crippen LogP contribution < -0.4 is 5.73 Å². The van der Waals surface area contributed by atoms with Gasteiger partial charge in [-0.1, -0.05) is 6.07 Å². The number of nitrogens with two attached hydrogens (primary N) is 1. The van der Waals surface area contributed by atoms with Gasteiger partial charge in [-0.05, 0) is 58.2 Å². The quantitative estimate of drug-likeness (QED) is 0.673. The standard InChI is InChI=1S/C17H24N2O3/c1-17(2,3)22-16(21)14-9-4-5-10-19(14)15(20)12-7-6-8-13(18)11-12/h6-8,11,14H,4-5,9-10,18H2,1-3H3. The molecule has 5 nitrogen and oxygen atoms in total. The van der Waals surface area contributed by atoms with Crippen LogP contribution in [0.2, 0.25) is 0 Å². The highest BCUT2D eigenvalue weighted by Crippen LogP contribution is 2.23. The number of hydrogen-bond acceptors (Lipinski definition) is 4. The minimum atomic E-state index is -0.555. The van der Waals surface area contributed by atoms with E-state index in [9.17, 15) is 9.59 Å². The smallest absolute Gasteiger partial charge is 0.329 e. The van der Waals surface area contributed by atoms with Gasteiger partial charge in [-0.15, -0.1) is 0 Å². The van der Waals surface area contributed by atoms with E-state index in [-0.39, 0.29) is 11.9 Å². The number of nitrogens with zero attached hydrogens (tertiary/aromatic N) is 1. The average molecular weight is 304 g/mol. The molecule has 0 aromatic heterocycles. The average Bonchev–Trinajstić information content (AvgIpc) is 2.44. The number of esters is 1. The first-order valence-electron chi connectivity index (χ1n) is 7.67. The molecule has 0 spiro atoms. The molecule has 0 radical (unpaired) electrons. The molecule has 2 rings (SSSR count). The highest BCUT2D eigenvalue weighted by atomic mass is 16.6. The highest BCUT2D eigenvalue weighted by molar-refractivity contribution is 5.97. The van der Waals surface area contributed by atoms with Crippen LogP contribution in [-0.2, 0) is 9.53 Å². The van der Waals surface area contributed by atoms with E-state index in [4.69, 9.17) is 10.5 Å². The number of carbonyl (C=O) groups is 2. The first-order valence-corrected chi connectivity index (χ1v) is 7.67. The second kappa shape index (κ2) is 6.38. The van der Waals surface area contributed by atoms with Crippen LogP contribution in [0, 0.1) is 0 Å². The van der Waals surface area contributed by atoms with Gasteiger partial charge >= 0.3 is 5.97 Å². The van der Waals surface area contributed by atoms with Crippen LogP contribution in [0.4, 0.5) is 5.69 Å². The lowest BCUT2D eigenvalue weighted by Crippen LogP contribution is -2.50. The molecule has 22 heavy (non-hydrogen) atoms. The first-order chi connectivity index (χ1) is 10.3. The van der Waals surface area contributed by atoms with Gasteiger partial charge in [0.15, 0.2) is 0 Å². The molecular weight excluding hydrogens is 280 g/mol. The van der Waals surface area contributed by atoms with Gasteiger partial charge < -0.3 is 15.4 Å². The number of piperidine rings is 1. The van der Waals surface area contributed by atoms with Crippen molar-refractivity contribution in [3.05, 3.63) is 29.8 Å². The lowest BCUT2D eigenvalue weighted by Gasteiger charge is -2.35. The van der Waals surface area contributed by atoms with E-state index in [0.717, 1.165) is 12.8 Å². The largest absolute Gasteiger partial charge is 0.458 e. The fraction of sp³-hybridized carbons (Fsp3) is 0.529. The SMILES string of the molecule is CC(C)(C)OC(=O)C1CCCCN1C(=O)c1cccc(N)c1. The Morgan fingerprint density at radius 3 is 2.64 bits per heavy atom. The molecule has 0 saturated carbocycles.